The number of rotatable bonds is 6. The molecule has 0 saturated carbocycles. The molecule has 0 aliphatic carbocycles. The zero-order valence-corrected chi connectivity index (χ0v) is 19.8. The zero-order chi connectivity index (χ0) is 10.5. The minimum atomic E-state index is -4.98. The summed E-state index contributed by atoms with van der Waals surface area (Å²) in [7, 11) is -9.97. The van der Waals surface area contributed by atoms with E-state index >= 15 is 0 Å². The third kappa shape index (κ3) is 19.3. The molecule has 17 heavy (non-hydrogen) atoms. The second kappa shape index (κ2) is 15.7. The van der Waals surface area contributed by atoms with Gasteiger partial charge in [-0.05, 0) is 0 Å². The van der Waals surface area contributed by atoms with Crippen LogP contribution in [0.4, 0.5) is 0 Å². The van der Waals surface area contributed by atoms with Crippen molar-refractivity contribution in [3.63, 3.8) is 0 Å². The van der Waals surface area contributed by atoms with Crippen molar-refractivity contribution in [1.29, 1.82) is 10.8 Å². The molecule has 0 bridgehead atoms. The molecule has 0 aliphatic rings. The van der Waals surface area contributed by atoms with Crippen molar-refractivity contribution < 1.29 is 141 Å². The smallest absolute Gasteiger partial charge is 0.778 e. The van der Waals surface area contributed by atoms with Gasteiger partial charge in [0.1, 0.15) is 0 Å². The van der Waals surface area contributed by atoms with E-state index in [1.807, 2.05) is 0 Å². The second-order valence-electron chi connectivity index (χ2n) is 1.51. The molecule has 2 N–H and O–H groups in total. The molecular formula is C2H4N4Na4O5P2. The fourth-order valence-corrected chi connectivity index (χ4v) is 1.98. The van der Waals surface area contributed by atoms with Crippen LogP contribution >= 0.6 is 15.5 Å². The van der Waals surface area contributed by atoms with Crippen molar-refractivity contribution in [2.75, 3.05) is 0 Å². The summed E-state index contributed by atoms with van der Waals surface area (Å²) in [5, 5.41) is 17.4. The quantitative estimate of drug-likeness (QED) is 0.214. The van der Waals surface area contributed by atoms with Crippen LogP contribution in [0.25, 0.3) is 10.2 Å². The Morgan fingerprint density at radius 1 is 0.882 bits per heavy atom. The minimum Gasteiger partial charge on any atom is -0.778 e. The van der Waals surface area contributed by atoms with E-state index in [4.69, 9.17) is 10.8 Å². The van der Waals surface area contributed by atoms with Gasteiger partial charge in [-0.25, -0.2) is 0 Å². The Hall–Kier alpha value is 3.28. The molecule has 2 unspecified atom stereocenters. The van der Waals surface area contributed by atoms with E-state index in [-0.39, 0.29) is 131 Å². The Labute approximate surface area is 187 Å². The zero-order valence-electron chi connectivity index (χ0n) is 9.98. The predicted molar refractivity (Wildman–Crippen MR) is 40.6 cm³/mol. The van der Waals surface area contributed by atoms with E-state index in [2.05, 4.69) is 14.5 Å². The Morgan fingerprint density at radius 3 is 1.29 bits per heavy atom. The summed E-state index contributed by atoms with van der Waals surface area (Å²) in [6, 6.07) is 0. The average Bonchev–Trinajstić information content (AvgIpc) is 1.82. The standard InChI is InChI=1S/C2H6N4O5P2.4Na/c3-1-5-12(7,8)11-13(9,10)6-2-4;;;;/h1-2H,(H4-2,3,4,5,6,7,8,9,10);;;;/q-2;4*+1/p-2. The van der Waals surface area contributed by atoms with Crippen molar-refractivity contribution in [2.24, 2.45) is 0 Å². The normalized spacial score (nSPS) is 14.7. The summed E-state index contributed by atoms with van der Waals surface area (Å²) in [4.78, 5) is 21.0. The molecule has 0 radical (unpaired) electrons. The number of nitrogens with zero attached hydrogens (tertiary/aromatic N) is 2. The Bertz CT molecular complexity index is 276. The molecule has 0 saturated heterocycles. The van der Waals surface area contributed by atoms with Gasteiger partial charge in [0.15, 0.2) is 15.5 Å². The van der Waals surface area contributed by atoms with Crippen LogP contribution in [0.2, 0.25) is 0 Å². The van der Waals surface area contributed by atoms with Gasteiger partial charge in [-0.2, -0.15) is 0 Å². The van der Waals surface area contributed by atoms with Crippen LogP contribution in [-0.2, 0) is 13.4 Å². The largest absolute Gasteiger partial charge is 1.00 e. The van der Waals surface area contributed by atoms with Gasteiger partial charge in [-0.3, -0.25) is 4.31 Å². The molecule has 0 amide bonds. The fraction of sp³-hybridized carbons (Fsp3) is 0. The van der Waals surface area contributed by atoms with Gasteiger partial charge in [0, 0.05) is 0 Å². The molecule has 2 atom stereocenters. The van der Waals surface area contributed by atoms with E-state index < -0.39 is 15.5 Å². The Kier molecular flexibility index (Phi) is 29.8. The molecule has 15 heteroatoms. The fourth-order valence-electron chi connectivity index (χ4n) is 0.314. The first kappa shape index (κ1) is 32.3. The maximum absolute atomic E-state index is 10.5. The molecule has 0 aromatic heterocycles. The van der Waals surface area contributed by atoms with Gasteiger partial charge >= 0.3 is 118 Å². The minimum absolute atomic E-state index is 0. The van der Waals surface area contributed by atoms with E-state index in [9.17, 15) is 18.9 Å². The summed E-state index contributed by atoms with van der Waals surface area (Å²) in [5.74, 6) is 0. The summed E-state index contributed by atoms with van der Waals surface area (Å²) < 4.78 is 24.5. The third-order valence-electron chi connectivity index (χ3n) is 0.605. The van der Waals surface area contributed by atoms with Gasteiger partial charge < -0.3 is 39.9 Å². The van der Waals surface area contributed by atoms with E-state index in [1.54, 1.807) is 0 Å². The van der Waals surface area contributed by atoms with Crippen molar-refractivity contribution in [1.82, 2.24) is 0 Å². The van der Waals surface area contributed by atoms with Gasteiger partial charge in [0.2, 0.25) is 0 Å². The first-order valence-corrected chi connectivity index (χ1v) is 5.58. The molecule has 0 aliphatic heterocycles. The van der Waals surface area contributed by atoms with Gasteiger partial charge in [0.25, 0.3) is 0 Å². The monoisotopic (exact) mass is 318 g/mol. The third-order valence-corrected chi connectivity index (χ3v) is 3.05. The number of hydrogen-bond donors (Lipinski definition) is 2. The van der Waals surface area contributed by atoms with Crippen LogP contribution < -0.4 is 128 Å². The van der Waals surface area contributed by atoms with Crippen molar-refractivity contribution in [2.45, 2.75) is 0 Å². The van der Waals surface area contributed by atoms with Gasteiger partial charge in [-0.15, -0.1) is 12.7 Å². The molecule has 0 aromatic rings. The predicted octanol–water partition coefficient (Wildman–Crippen LogP) is -12.1. The van der Waals surface area contributed by atoms with Crippen molar-refractivity contribution >= 4 is 28.2 Å². The molecule has 0 rings (SSSR count). The summed E-state index contributed by atoms with van der Waals surface area (Å²) in [5.41, 5.74) is 0. The van der Waals surface area contributed by atoms with Gasteiger partial charge in [-0.1, -0.05) is 0 Å². The van der Waals surface area contributed by atoms with Crippen LogP contribution in [0.3, 0.4) is 0 Å². The first-order valence-electron chi connectivity index (χ1n) is 2.59. The van der Waals surface area contributed by atoms with Crippen LogP contribution in [-0.4, -0.2) is 12.7 Å². The Morgan fingerprint density at radius 2 is 1.12 bits per heavy atom. The molecule has 76 valence electrons. The maximum Gasteiger partial charge on any atom is 1.00 e. The van der Waals surface area contributed by atoms with Crippen LogP contribution in [0.1, 0.15) is 0 Å². The summed E-state index contributed by atoms with van der Waals surface area (Å²) in [6.45, 7) is 0. The van der Waals surface area contributed by atoms with E-state index in [0.717, 1.165) is 0 Å². The molecular weight excluding hydrogens is 314 g/mol. The summed E-state index contributed by atoms with van der Waals surface area (Å²) in [6.07, 6.45) is 0.219. The molecule has 0 fully saturated rings. The van der Waals surface area contributed by atoms with Gasteiger partial charge in [0.05, 0.1) is 0 Å². The van der Waals surface area contributed by atoms with E-state index in [1.165, 1.54) is 0 Å². The number of nitrogens with one attached hydrogen (secondary N) is 2. The molecule has 0 aromatic carbocycles. The average molecular weight is 318 g/mol. The second-order valence-corrected chi connectivity index (χ2v) is 4.50. The molecule has 0 heterocycles. The van der Waals surface area contributed by atoms with E-state index in [0.29, 0.717) is 0 Å². The van der Waals surface area contributed by atoms with Crippen LogP contribution in [0.5, 0.6) is 0 Å². The van der Waals surface area contributed by atoms with Crippen molar-refractivity contribution in [3.05, 3.63) is 10.2 Å². The number of hydrogen-bond acceptors (Lipinski definition) is 7. The topological polar surface area (TPSA) is 165 Å². The first-order chi connectivity index (χ1) is 5.83. The molecule has 0 spiro atoms. The van der Waals surface area contributed by atoms with Crippen LogP contribution in [0.15, 0.2) is 0 Å². The SMILES string of the molecule is N=C[N-]P(=O)([O-])OP(=O)([O-])[N-]C=N.[Na+].[Na+].[Na+].[Na+]. The van der Waals surface area contributed by atoms with Crippen LogP contribution in [0, 0.1) is 10.8 Å². The van der Waals surface area contributed by atoms with Crippen molar-refractivity contribution in [3.8, 4) is 0 Å². The Balaban J connectivity index is -0.000000120. The summed E-state index contributed by atoms with van der Waals surface area (Å²) >= 11 is 0. The molecule has 9 nitrogen and oxygen atoms in total. The maximum atomic E-state index is 10.5.